The summed E-state index contributed by atoms with van der Waals surface area (Å²) < 4.78 is 10.8. The highest BCUT2D eigenvalue weighted by Gasteiger charge is 2.23. The summed E-state index contributed by atoms with van der Waals surface area (Å²) in [5.74, 6) is 2.34. The molecule has 0 atom stereocenters. The van der Waals surface area contributed by atoms with Crippen molar-refractivity contribution in [3.8, 4) is 11.5 Å². The molecule has 6 heteroatoms. The highest BCUT2D eigenvalue weighted by atomic mass is 32.2. The number of aliphatic imine (C=N–C) groups is 1. The molecule has 1 aliphatic rings. The molecule has 1 amide bonds. The molecule has 2 aromatic rings. The van der Waals surface area contributed by atoms with Gasteiger partial charge in [-0.2, -0.15) is 0 Å². The summed E-state index contributed by atoms with van der Waals surface area (Å²) in [6.07, 6.45) is 1.84. The maximum atomic E-state index is 12.6. The van der Waals surface area contributed by atoms with Crippen molar-refractivity contribution in [2.24, 2.45) is 4.99 Å². The van der Waals surface area contributed by atoms with Crippen molar-refractivity contribution in [3.63, 3.8) is 0 Å². The molecular formula is C21H24N2O3S. The lowest BCUT2D eigenvalue weighted by Gasteiger charge is -2.27. The van der Waals surface area contributed by atoms with E-state index in [9.17, 15) is 4.79 Å². The van der Waals surface area contributed by atoms with E-state index in [-0.39, 0.29) is 12.5 Å². The predicted molar refractivity (Wildman–Crippen MR) is 110 cm³/mol. The second kappa shape index (κ2) is 10.0. The Labute approximate surface area is 164 Å². The van der Waals surface area contributed by atoms with Crippen LogP contribution in [0.2, 0.25) is 0 Å². The van der Waals surface area contributed by atoms with Crippen molar-refractivity contribution >= 4 is 22.8 Å². The van der Waals surface area contributed by atoms with Gasteiger partial charge in [-0.15, -0.1) is 0 Å². The number of amides is 1. The van der Waals surface area contributed by atoms with Crippen molar-refractivity contribution in [3.05, 3.63) is 60.2 Å². The number of hydrogen-bond acceptors (Lipinski definition) is 5. The molecule has 1 fully saturated rings. The van der Waals surface area contributed by atoms with Gasteiger partial charge in [0, 0.05) is 18.8 Å². The van der Waals surface area contributed by atoms with Gasteiger partial charge in [-0.3, -0.25) is 14.7 Å². The molecule has 0 radical (unpaired) electrons. The summed E-state index contributed by atoms with van der Waals surface area (Å²) in [6, 6.07) is 17.5. The average Bonchev–Trinajstić information content (AvgIpc) is 2.73. The van der Waals surface area contributed by atoms with E-state index in [4.69, 9.17) is 9.47 Å². The number of hydrogen-bond donors (Lipinski definition) is 0. The Hall–Kier alpha value is -2.47. The molecule has 0 aliphatic carbocycles. The third kappa shape index (κ3) is 5.76. The second-order valence-electron chi connectivity index (χ2n) is 6.11. The largest absolute Gasteiger partial charge is 0.497 e. The predicted octanol–water partition coefficient (Wildman–Crippen LogP) is 3.64. The molecule has 3 rings (SSSR count). The van der Waals surface area contributed by atoms with Gasteiger partial charge in [0.25, 0.3) is 5.91 Å². The Kier molecular flexibility index (Phi) is 7.16. The fourth-order valence-electron chi connectivity index (χ4n) is 2.74. The molecule has 0 spiro atoms. The number of methoxy groups -OCH3 is 1. The number of amidine groups is 1. The van der Waals surface area contributed by atoms with E-state index in [0.717, 1.165) is 29.5 Å². The van der Waals surface area contributed by atoms with Crippen LogP contribution >= 0.6 is 11.8 Å². The average molecular weight is 385 g/mol. The molecule has 0 N–H and O–H groups in total. The summed E-state index contributed by atoms with van der Waals surface area (Å²) in [4.78, 5) is 19.0. The lowest BCUT2D eigenvalue weighted by atomic mass is 10.2. The van der Waals surface area contributed by atoms with Crippen molar-refractivity contribution in [1.29, 1.82) is 0 Å². The van der Waals surface area contributed by atoms with E-state index < -0.39 is 0 Å². The number of nitrogens with zero attached hydrogens (tertiary/aromatic N) is 2. The summed E-state index contributed by atoms with van der Waals surface area (Å²) in [6.45, 7) is 1.38. The zero-order chi connectivity index (χ0) is 18.9. The van der Waals surface area contributed by atoms with Crippen LogP contribution in [0.15, 0.2) is 59.6 Å². The van der Waals surface area contributed by atoms with Gasteiger partial charge >= 0.3 is 0 Å². The maximum absolute atomic E-state index is 12.6. The molecule has 0 unspecified atom stereocenters. The molecule has 0 aromatic heterocycles. The Morgan fingerprint density at radius 1 is 1.11 bits per heavy atom. The van der Waals surface area contributed by atoms with Gasteiger partial charge in [0.2, 0.25) is 0 Å². The molecule has 27 heavy (non-hydrogen) atoms. The third-order valence-electron chi connectivity index (χ3n) is 4.20. The van der Waals surface area contributed by atoms with E-state index in [2.05, 4.69) is 17.1 Å². The van der Waals surface area contributed by atoms with Crippen LogP contribution in [0.3, 0.4) is 0 Å². The van der Waals surface area contributed by atoms with Crippen molar-refractivity contribution in [2.45, 2.75) is 12.8 Å². The Morgan fingerprint density at radius 2 is 1.85 bits per heavy atom. The number of ether oxygens (including phenoxy) is 2. The van der Waals surface area contributed by atoms with Gasteiger partial charge in [0.15, 0.2) is 11.8 Å². The van der Waals surface area contributed by atoms with E-state index in [1.807, 2.05) is 30.3 Å². The van der Waals surface area contributed by atoms with Crippen LogP contribution in [0.1, 0.15) is 12.0 Å². The summed E-state index contributed by atoms with van der Waals surface area (Å²) in [5.41, 5.74) is 1.25. The molecule has 1 aliphatic heterocycles. The Morgan fingerprint density at radius 3 is 2.59 bits per heavy atom. The number of rotatable bonds is 7. The molecule has 1 heterocycles. The fraction of sp³-hybridized carbons (Fsp3) is 0.333. The van der Waals surface area contributed by atoms with E-state index in [1.165, 1.54) is 5.56 Å². The molecule has 1 saturated heterocycles. The first kappa shape index (κ1) is 19.3. The van der Waals surface area contributed by atoms with E-state index in [1.54, 1.807) is 35.9 Å². The van der Waals surface area contributed by atoms with Crippen LogP contribution in [0.25, 0.3) is 0 Å². The Balaban J connectivity index is 1.54. The fourth-order valence-corrected chi connectivity index (χ4v) is 3.73. The number of carbonyl (C=O) groups is 1. The van der Waals surface area contributed by atoms with Gasteiger partial charge in [0.05, 0.1) is 7.11 Å². The van der Waals surface area contributed by atoms with Crippen LogP contribution in [-0.4, -0.2) is 48.5 Å². The monoisotopic (exact) mass is 384 g/mol. The van der Waals surface area contributed by atoms with E-state index in [0.29, 0.717) is 18.8 Å². The molecule has 0 saturated carbocycles. The van der Waals surface area contributed by atoms with Gasteiger partial charge in [-0.1, -0.05) is 42.1 Å². The topological polar surface area (TPSA) is 51.1 Å². The van der Waals surface area contributed by atoms with E-state index >= 15 is 0 Å². The van der Waals surface area contributed by atoms with Crippen LogP contribution in [0.5, 0.6) is 11.5 Å². The van der Waals surface area contributed by atoms with Crippen LogP contribution < -0.4 is 9.47 Å². The summed E-state index contributed by atoms with van der Waals surface area (Å²) in [5, 5.41) is 0.806. The van der Waals surface area contributed by atoms with Gasteiger partial charge in [-0.05, 0) is 42.7 Å². The summed E-state index contributed by atoms with van der Waals surface area (Å²) in [7, 11) is 1.62. The second-order valence-corrected chi connectivity index (χ2v) is 7.17. The molecular weight excluding hydrogens is 360 g/mol. The van der Waals surface area contributed by atoms with Gasteiger partial charge < -0.3 is 9.47 Å². The highest BCUT2D eigenvalue weighted by molar-refractivity contribution is 8.13. The van der Waals surface area contributed by atoms with Crippen molar-refractivity contribution < 1.29 is 14.3 Å². The lowest BCUT2D eigenvalue weighted by Crippen LogP contribution is -2.42. The molecule has 0 bridgehead atoms. The standard InChI is InChI=1S/C21H24N2O3S/c1-25-18-8-10-19(11-9-18)26-16-20(24)23-14-5-15-27-21(23)22-13-12-17-6-3-2-4-7-17/h2-4,6-11H,5,12-16H2,1H3. The smallest absolute Gasteiger partial charge is 0.266 e. The summed E-state index contributed by atoms with van der Waals surface area (Å²) >= 11 is 1.64. The van der Waals surface area contributed by atoms with Crippen LogP contribution in [-0.2, 0) is 11.2 Å². The quantitative estimate of drug-likeness (QED) is 0.731. The van der Waals surface area contributed by atoms with Gasteiger partial charge in [0.1, 0.15) is 11.5 Å². The number of benzene rings is 2. The first-order valence-electron chi connectivity index (χ1n) is 9.04. The van der Waals surface area contributed by atoms with Crippen molar-refractivity contribution in [1.82, 2.24) is 4.90 Å². The number of carbonyl (C=O) groups excluding carboxylic acids is 1. The van der Waals surface area contributed by atoms with Crippen molar-refractivity contribution in [2.75, 3.05) is 32.6 Å². The highest BCUT2D eigenvalue weighted by Crippen LogP contribution is 2.20. The maximum Gasteiger partial charge on any atom is 0.266 e. The third-order valence-corrected chi connectivity index (χ3v) is 5.30. The lowest BCUT2D eigenvalue weighted by molar-refractivity contribution is -0.129. The molecule has 142 valence electrons. The zero-order valence-corrected chi connectivity index (χ0v) is 16.3. The number of thioether (sulfide) groups is 1. The first-order chi connectivity index (χ1) is 13.3. The SMILES string of the molecule is COc1ccc(OCC(=O)N2CCCSC2=NCCc2ccccc2)cc1. The minimum Gasteiger partial charge on any atom is -0.497 e. The van der Waals surface area contributed by atoms with Crippen LogP contribution in [0, 0.1) is 0 Å². The molecule has 5 nitrogen and oxygen atoms in total. The zero-order valence-electron chi connectivity index (χ0n) is 15.5. The van der Waals surface area contributed by atoms with Gasteiger partial charge in [-0.25, -0.2) is 0 Å². The molecule has 2 aromatic carbocycles. The minimum atomic E-state index is -0.0588. The first-order valence-corrected chi connectivity index (χ1v) is 10.0. The Bertz CT molecular complexity index is 763. The normalized spacial score (nSPS) is 15.6. The minimum absolute atomic E-state index is 0.00456. The van der Waals surface area contributed by atoms with Crippen LogP contribution in [0.4, 0.5) is 0 Å².